The first-order valence-electron chi connectivity index (χ1n) is 5.75. The molecule has 3 heterocycles. The van der Waals surface area contributed by atoms with E-state index in [9.17, 15) is 0 Å². The Hall–Kier alpha value is 0.0300. The number of halogens is 1. The van der Waals surface area contributed by atoms with Crippen LogP contribution in [0, 0.1) is 0 Å². The van der Waals surface area contributed by atoms with Gasteiger partial charge in [-0.15, -0.1) is 11.3 Å². The second kappa shape index (κ2) is 4.37. The van der Waals surface area contributed by atoms with E-state index in [0.29, 0.717) is 24.3 Å². The van der Waals surface area contributed by atoms with E-state index in [4.69, 9.17) is 4.74 Å². The Kier molecular flexibility index (Phi) is 3.04. The fourth-order valence-electron chi connectivity index (χ4n) is 2.67. The van der Waals surface area contributed by atoms with Crippen molar-refractivity contribution in [3.8, 4) is 0 Å². The molecule has 4 atom stereocenters. The Morgan fingerprint density at radius 2 is 2.50 bits per heavy atom. The predicted molar refractivity (Wildman–Crippen MR) is 67.7 cm³/mol. The SMILES string of the molecule is CC(NC1CC2CCC1O2)c1ncc(Br)s1. The molecule has 2 aliphatic heterocycles. The van der Waals surface area contributed by atoms with Crippen LogP contribution in [0.15, 0.2) is 9.98 Å². The lowest BCUT2D eigenvalue weighted by Gasteiger charge is -2.23. The Morgan fingerprint density at radius 1 is 1.62 bits per heavy atom. The first kappa shape index (κ1) is 11.1. The fourth-order valence-corrected chi connectivity index (χ4v) is 3.93. The van der Waals surface area contributed by atoms with Gasteiger partial charge in [0, 0.05) is 6.04 Å². The van der Waals surface area contributed by atoms with E-state index in [1.807, 2.05) is 6.20 Å². The second-order valence-corrected chi connectivity index (χ2v) is 7.05. The monoisotopic (exact) mass is 302 g/mol. The van der Waals surface area contributed by atoms with Crippen LogP contribution in [-0.4, -0.2) is 23.2 Å². The molecule has 3 rings (SSSR count). The molecule has 1 aromatic heterocycles. The number of hydrogen-bond acceptors (Lipinski definition) is 4. The molecule has 0 saturated carbocycles. The summed E-state index contributed by atoms with van der Waals surface area (Å²) in [7, 11) is 0. The molecule has 0 spiro atoms. The highest BCUT2D eigenvalue weighted by molar-refractivity contribution is 9.11. The number of thiazole rings is 1. The van der Waals surface area contributed by atoms with Crippen LogP contribution < -0.4 is 5.32 Å². The van der Waals surface area contributed by atoms with Gasteiger partial charge in [0.15, 0.2) is 0 Å². The summed E-state index contributed by atoms with van der Waals surface area (Å²) in [6.45, 7) is 2.18. The number of ether oxygens (including phenoxy) is 1. The number of rotatable bonds is 3. The highest BCUT2D eigenvalue weighted by Gasteiger charge is 2.41. The van der Waals surface area contributed by atoms with Gasteiger partial charge >= 0.3 is 0 Å². The molecular formula is C11H15BrN2OS. The smallest absolute Gasteiger partial charge is 0.110 e. The zero-order valence-corrected chi connectivity index (χ0v) is 11.6. The van der Waals surface area contributed by atoms with Crippen LogP contribution in [-0.2, 0) is 4.74 Å². The lowest BCUT2D eigenvalue weighted by atomic mass is 9.95. The summed E-state index contributed by atoms with van der Waals surface area (Å²) in [5, 5.41) is 4.79. The summed E-state index contributed by atoms with van der Waals surface area (Å²) < 4.78 is 6.94. The van der Waals surface area contributed by atoms with Gasteiger partial charge in [0.25, 0.3) is 0 Å². The van der Waals surface area contributed by atoms with E-state index in [2.05, 4.69) is 33.2 Å². The Morgan fingerprint density at radius 3 is 3.06 bits per heavy atom. The third-order valence-corrected chi connectivity index (χ3v) is 5.09. The summed E-state index contributed by atoms with van der Waals surface area (Å²) in [6.07, 6.45) is 6.46. The lowest BCUT2D eigenvalue weighted by molar-refractivity contribution is 0.0962. The molecule has 2 fully saturated rings. The Labute approximate surface area is 108 Å². The predicted octanol–water partition coefficient (Wildman–Crippen LogP) is 2.88. The average Bonchev–Trinajstić information content (AvgIpc) is 2.92. The third kappa shape index (κ3) is 2.06. The van der Waals surface area contributed by atoms with Crippen molar-refractivity contribution in [3.63, 3.8) is 0 Å². The van der Waals surface area contributed by atoms with Crippen LogP contribution in [0.1, 0.15) is 37.2 Å². The summed E-state index contributed by atoms with van der Waals surface area (Å²) >= 11 is 5.15. The largest absolute Gasteiger partial charge is 0.373 e. The average molecular weight is 303 g/mol. The highest BCUT2D eigenvalue weighted by atomic mass is 79.9. The molecule has 1 aromatic rings. The van der Waals surface area contributed by atoms with Crippen molar-refractivity contribution in [3.05, 3.63) is 15.0 Å². The molecule has 4 unspecified atom stereocenters. The number of nitrogens with one attached hydrogen (secondary N) is 1. The summed E-state index contributed by atoms with van der Waals surface area (Å²) in [4.78, 5) is 4.39. The van der Waals surface area contributed by atoms with Crippen LogP contribution in [0.25, 0.3) is 0 Å². The van der Waals surface area contributed by atoms with Crippen molar-refractivity contribution in [1.29, 1.82) is 0 Å². The molecule has 0 aromatic carbocycles. The van der Waals surface area contributed by atoms with Crippen molar-refractivity contribution in [1.82, 2.24) is 10.3 Å². The van der Waals surface area contributed by atoms with E-state index in [1.165, 1.54) is 19.3 Å². The first-order valence-corrected chi connectivity index (χ1v) is 7.36. The standard InChI is InChI=1S/C11H15BrN2OS/c1-6(11-13-5-10(12)16-11)14-8-4-7-2-3-9(8)15-7/h5-9,14H,2-4H2,1H3. The van der Waals surface area contributed by atoms with Gasteiger partial charge in [-0.2, -0.15) is 0 Å². The second-order valence-electron chi connectivity index (χ2n) is 4.61. The molecule has 2 bridgehead atoms. The van der Waals surface area contributed by atoms with Crippen LogP contribution in [0.4, 0.5) is 0 Å². The van der Waals surface area contributed by atoms with Gasteiger partial charge in [0.05, 0.1) is 28.2 Å². The lowest BCUT2D eigenvalue weighted by Crippen LogP contribution is -2.38. The number of aromatic nitrogens is 1. The maximum Gasteiger partial charge on any atom is 0.110 e. The highest BCUT2D eigenvalue weighted by Crippen LogP contribution is 2.35. The minimum absolute atomic E-state index is 0.323. The first-order chi connectivity index (χ1) is 7.72. The molecule has 0 radical (unpaired) electrons. The molecule has 1 N–H and O–H groups in total. The molecule has 5 heteroatoms. The van der Waals surface area contributed by atoms with E-state index in [-0.39, 0.29) is 0 Å². The number of fused-ring (bicyclic) bond motifs is 2. The Bertz CT molecular complexity index is 384. The van der Waals surface area contributed by atoms with Crippen LogP contribution >= 0.6 is 27.3 Å². The summed E-state index contributed by atoms with van der Waals surface area (Å²) in [6, 6.07) is 0.848. The van der Waals surface area contributed by atoms with Crippen LogP contribution in [0.2, 0.25) is 0 Å². The summed E-state index contributed by atoms with van der Waals surface area (Å²) in [5.41, 5.74) is 0. The molecule has 88 valence electrons. The van der Waals surface area contributed by atoms with Crippen molar-refractivity contribution < 1.29 is 4.74 Å². The van der Waals surface area contributed by atoms with Gasteiger partial charge in [0.2, 0.25) is 0 Å². The zero-order valence-electron chi connectivity index (χ0n) is 9.15. The maximum atomic E-state index is 5.84. The van der Waals surface area contributed by atoms with Crippen molar-refractivity contribution >= 4 is 27.3 Å². The molecule has 0 amide bonds. The van der Waals surface area contributed by atoms with Gasteiger partial charge < -0.3 is 10.1 Å². The molecule has 0 aliphatic carbocycles. The summed E-state index contributed by atoms with van der Waals surface area (Å²) in [5.74, 6) is 0. The topological polar surface area (TPSA) is 34.1 Å². The molecule has 2 saturated heterocycles. The van der Waals surface area contributed by atoms with Gasteiger partial charge in [0.1, 0.15) is 5.01 Å². The van der Waals surface area contributed by atoms with E-state index < -0.39 is 0 Å². The quantitative estimate of drug-likeness (QED) is 0.932. The molecule has 16 heavy (non-hydrogen) atoms. The third-order valence-electron chi connectivity index (χ3n) is 3.44. The van der Waals surface area contributed by atoms with E-state index in [0.717, 1.165) is 8.79 Å². The minimum Gasteiger partial charge on any atom is -0.373 e. The van der Waals surface area contributed by atoms with Crippen molar-refractivity contribution in [2.75, 3.05) is 0 Å². The number of hydrogen-bond donors (Lipinski definition) is 1. The van der Waals surface area contributed by atoms with E-state index >= 15 is 0 Å². The molecular weight excluding hydrogens is 288 g/mol. The fraction of sp³-hybridized carbons (Fsp3) is 0.727. The van der Waals surface area contributed by atoms with Crippen LogP contribution in [0.5, 0.6) is 0 Å². The van der Waals surface area contributed by atoms with Gasteiger partial charge in [-0.1, -0.05) is 0 Å². The van der Waals surface area contributed by atoms with Gasteiger partial charge in [-0.3, -0.25) is 0 Å². The normalized spacial score (nSPS) is 34.5. The van der Waals surface area contributed by atoms with Crippen LogP contribution in [0.3, 0.4) is 0 Å². The van der Waals surface area contributed by atoms with Gasteiger partial charge in [-0.05, 0) is 42.1 Å². The van der Waals surface area contributed by atoms with Crippen molar-refractivity contribution in [2.45, 2.75) is 50.5 Å². The molecule has 3 nitrogen and oxygen atoms in total. The maximum absolute atomic E-state index is 5.84. The molecule has 2 aliphatic rings. The Balaban J connectivity index is 1.62. The zero-order chi connectivity index (χ0) is 11.1. The van der Waals surface area contributed by atoms with E-state index in [1.54, 1.807) is 11.3 Å². The minimum atomic E-state index is 0.323. The number of nitrogens with zero attached hydrogens (tertiary/aromatic N) is 1. The van der Waals surface area contributed by atoms with Crippen molar-refractivity contribution in [2.24, 2.45) is 0 Å². The van der Waals surface area contributed by atoms with Gasteiger partial charge in [-0.25, -0.2) is 4.98 Å².